The van der Waals surface area contributed by atoms with Crippen LogP contribution >= 0.6 is 11.6 Å². The van der Waals surface area contributed by atoms with Gasteiger partial charge >= 0.3 is 0 Å². The number of nitrogens with two attached hydrogens (primary N) is 1. The predicted molar refractivity (Wildman–Crippen MR) is 157 cm³/mol. The molecular formula is C29H29ClN8O2. The van der Waals surface area contributed by atoms with Gasteiger partial charge in [-0.15, -0.1) is 11.6 Å². The Bertz CT molecular complexity index is 1650. The summed E-state index contributed by atoms with van der Waals surface area (Å²) in [6, 6.07) is 18.3. The first-order valence-electron chi connectivity index (χ1n) is 12.9. The van der Waals surface area contributed by atoms with Gasteiger partial charge in [-0.1, -0.05) is 48.5 Å². The molecule has 3 aromatic heterocycles. The fraction of sp³-hybridized carbons (Fsp3) is 0.207. The van der Waals surface area contributed by atoms with Gasteiger partial charge in [0.05, 0.1) is 11.4 Å². The number of fused-ring (bicyclic) bond motifs is 3. The van der Waals surface area contributed by atoms with Gasteiger partial charge in [-0.05, 0) is 30.5 Å². The number of amides is 2. The smallest absolute Gasteiger partial charge is 0.270 e. The number of alkyl halides is 1. The Balaban J connectivity index is 1.42. The molecule has 2 amide bonds. The van der Waals surface area contributed by atoms with Gasteiger partial charge in [0.25, 0.3) is 5.91 Å². The van der Waals surface area contributed by atoms with Gasteiger partial charge in [0.2, 0.25) is 5.91 Å². The number of H-pyrrole nitrogens is 2. The molecule has 0 aliphatic carbocycles. The number of carbonyl (C=O) groups is 2. The summed E-state index contributed by atoms with van der Waals surface area (Å²) in [6.45, 7) is 0.727. The molecule has 6 N–H and O–H groups in total. The lowest BCUT2D eigenvalue weighted by Crippen LogP contribution is -2.46. The molecule has 0 radical (unpaired) electrons. The van der Waals surface area contributed by atoms with Crippen molar-refractivity contribution in [3.63, 3.8) is 0 Å². The van der Waals surface area contributed by atoms with Crippen LogP contribution in [0.3, 0.4) is 0 Å². The molecule has 10 nitrogen and oxygen atoms in total. The van der Waals surface area contributed by atoms with E-state index >= 15 is 0 Å². The summed E-state index contributed by atoms with van der Waals surface area (Å²) >= 11 is 5.71. The van der Waals surface area contributed by atoms with Crippen LogP contribution in [0, 0.1) is 0 Å². The lowest BCUT2D eigenvalue weighted by Gasteiger charge is -2.18. The average Bonchev–Trinajstić information content (AvgIpc) is 3.66. The first-order valence-corrected chi connectivity index (χ1v) is 13.5. The molecule has 0 unspecified atom stereocenters. The number of amidine groups is 1. The molecule has 0 aliphatic heterocycles. The number of aliphatic imine (C=N–C) groups is 1. The number of carbonyl (C=O) groups excluding carboxylic acids is 2. The second-order valence-corrected chi connectivity index (χ2v) is 9.53. The summed E-state index contributed by atoms with van der Waals surface area (Å²) in [5.74, 6) is 0.225. The van der Waals surface area contributed by atoms with E-state index in [9.17, 15) is 9.59 Å². The van der Waals surface area contributed by atoms with Crippen LogP contribution in [-0.2, 0) is 11.3 Å². The zero-order valence-electron chi connectivity index (χ0n) is 21.7. The van der Waals surface area contributed by atoms with Crippen molar-refractivity contribution in [1.82, 2.24) is 30.6 Å². The monoisotopic (exact) mass is 556 g/mol. The lowest BCUT2D eigenvalue weighted by molar-refractivity contribution is -0.123. The van der Waals surface area contributed by atoms with E-state index in [1.54, 1.807) is 18.5 Å². The van der Waals surface area contributed by atoms with E-state index in [2.05, 4.69) is 35.6 Å². The summed E-state index contributed by atoms with van der Waals surface area (Å²) < 4.78 is 0. The molecule has 2 aromatic carbocycles. The zero-order valence-corrected chi connectivity index (χ0v) is 22.4. The topological polar surface area (TPSA) is 154 Å². The van der Waals surface area contributed by atoms with Crippen molar-refractivity contribution < 1.29 is 9.59 Å². The molecule has 0 fully saturated rings. The fourth-order valence-corrected chi connectivity index (χ4v) is 4.58. The molecule has 11 heteroatoms. The number of aromatic nitrogens is 4. The number of aromatic amines is 2. The van der Waals surface area contributed by atoms with Gasteiger partial charge in [0, 0.05) is 41.8 Å². The van der Waals surface area contributed by atoms with Crippen LogP contribution in [0.1, 0.15) is 28.9 Å². The van der Waals surface area contributed by atoms with Crippen molar-refractivity contribution in [3.8, 4) is 11.5 Å². The first-order chi connectivity index (χ1) is 19.5. The van der Waals surface area contributed by atoms with Crippen molar-refractivity contribution in [2.75, 3.05) is 12.4 Å². The third-order valence-corrected chi connectivity index (χ3v) is 6.76. The van der Waals surface area contributed by atoms with Crippen molar-refractivity contribution in [3.05, 3.63) is 84.3 Å². The number of nitrogens with zero attached hydrogens (tertiary/aromatic N) is 3. The van der Waals surface area contributed by atoms with Gasteiger partial charge in [0.1, 0.15) is 23.3 Å². The zero-order chi connectivity index (χ0) is 27.9. The highest BCUT2D eigenvalue weighted by molar-refractivity contribution is 6.28. The van der Waals surface area contributed by atoms with Gasteiger partial charge in [-0.2, -0.15) is 0 Å². The number of pyridine rings is 1. The average molecular weight is 557 g/mol. The Morgan fingerprint density at radius 2 is 1.88 bits per heavy atom. The van der Waals surface area contributed by atoms with Gasteiger partial charge in [-0.25, -0.2) is 9.97 Å². The highest BCUT2D eigenvalue weighted by Gasteiger charge is 2.24. The molecule has 0 saturated carbocycles. The highest BCUT2D eigenvalue weighted by atomic mass is 35.5. The number of imidazole rings is 1. The number of hydrogen-bond donors (Lipinski definition) is 5. The van der Waals surface area contributed by atoms with Gasteiger partial charge < -0.3 is 26.3 Å². The molecule has 204 valence electrons. The van der Waals surface area contributed by atoms with E-state index in [0.717, 1.165) is 27.4 Å². The van der Waals surface area contributed by atoms with Gasteiger partial charge in [-0.3, -0.25) is 14.6 Å². The molecule has 40 heavy (non-hydrogen) atoms. The Labute approximate surface area is 235 Å². The minimum atomic E-state index is -0.809. The molecular weight excluding hydrogens is 528 g/mol. The number of para-hydroxylation sites is 1. The second-order valence-electron chi connectivity index (χ2n) is 9.27. The van der Waals surface area contributed by atoms with E-state index in [4.69, 9.17) is 17.3 Å². The summed E-state index contributed by atoms with van der Waals surface area (Å²) in [6.07, 6.45) is 4.20. The largest absolute Gasteiger partial charge is 0.386 e. The van der Waals surface area contributed by atoms with Crippen molar-refractivity contribution in [2.24, 2.45) is 10.7 Å². The number of halogens is 1. The third-order valence-electron chi connectivity index (χ3n) is 6.49. The maximum atomic E-state index is 13.6. The Kier molecular flexibility index (Phi) is 8.36. The van der Waals surface area contributed by atoms with Crippen molar-refractivity contribution >= 4 is 51.1 Å². The van der Waals surface area contributed by atoms with Crippen LogP contribution < -0.4 is 16.4 Å². The predicted octanol–water partition coefficient (Wildman–Crippen LogP) is 3.90. The molecule has 0 saturated heterocycles. The minimum Gasteiger partial charge on any atom is -0.386 e. The van der Waals surface area contributed by atoms with Crippen molar-refractivity contribution in [2.45, 2.75) is 25.4 Å². The number of rotatable bonds is 11. The van der Waals surface area contributed by atoms with Crippen LogP contribution in [0.2, 0.25) is 0 Å². The fourth-order valence-electron chi connectivity index (χ4n) is 4.50. The highest BCUT2D eigenvalue weighted by Crippen LogP contribution is 2.31. The van der Waals surface area contributed by atoms with E-state index in [1.807, 2.05) is 54.6 Å². The molecule has 5 rings (SSSR count). The maximum Gasteiger partial charge on any atom is 0.270 e. The van der Waals surface area contributed by atoms with E-state index in [0.29, 0.717) is 43.3 Å². The number of benzene rings is 2. The second kappa shape index (κ2) is 12.4. The van der Waals surface area contributed by atoms with E-state index in [1.165, 1.54) is 0 Å². The van der Waals surface area contributed by atoms with E-state index in [-0.39, 0.29) is 17.5 Å². The minimum absolute atomic E-state index is 0.137. The lowest BCUT2D eigenvalue weighted by atomic mass is 10.1. The van der Waals surface area contributed by atoms with E-state index < -0.39 is 11.9 Å². The van der Waals surface area contributed by atoms with Crippen molar-refractivity contribution in [1.29, 1.82) is 0 Å². The Morgan fingerprint density at radius 3 is 2.65 bits per heavy atom. The molecule has 1 atom stereocenters. The molecule has 0 spiro atoms. The summed E-state index contributed by atoms with van der Waals surface area (Å²) in [5, 5.41) is 7.60. The molecule has 3 heterocycles. The normalized spacial score (nSPS) is 12.5. The Morgan fingerprint density at radius 1 is 1.07 bits per heavy atom. The number of hydrogen-bond acceptors (Lipinski definition) is 5. The van der Waals surface area contributed by atoms with Crippen LogP contribution in [0.25, 0.3) is 33.3 Å². The van der Waals surface area contributed by atoms with Crippen LogP contribution in [-0.4, -0.2) is 56.1 Å². The van der Waals surface area contributed by atoms with Crippen LogP contribution in [0.15, 0.2) is 78.0 Å². The molecule has 0 aliphatic rings. The quantitative estimate of drug-likeness (QED) is 0.0722. The van der Waals surface area contributed by atoms with Crippen LogP contribution in [0.5, 0.6) is 0 Å². The molecule has 5 aromatic rings. The Hall–Kier alpha value is -4.70. The first kappa shape index (κ1) is 26.9. The summed E-state index contributed by atoms with van der Waals surface area (Å²) in [5.41, 5.74) is 9.02. The van der Waals surface area contributed by atoms with Gasteiger partial charge in [0.15, 0.2) is 5.82 Å². The maximum absolute atomic E-state index is 13.6. The number of nitrogens with one attached hydrogen (secondary N) is 4. The molecule has 0 bridgehead atoms. The summed E-state index contributed by atoms with van der Waals surface area (Å²) in [7, 11) is 0. The summed E-state index contributed by atoms with van der Waals surface area (Å²) in [4.78, 5) is 46.5. The standard InChI is InChI=1S/C29H29ClN8O2/c30-16-24(31)32-12-6-11-22(28(39)35-17-18-7-2-1-3-8-18)38-29(40)23-15-20-19-9-4-5-10-21(19)36-25(20)26(37-23)27-33-13-14-34-27/h1-5,7-10,13-15,22,36H,6,11-12,16-17H2,(H2,31,32)(H,33,34)(H,35,39)(H,38,40)/t22-/m0/s1. The van der Waals surface area contributed by atoms with Crippen LogP contribution in [0.4, 0.5) is 0 Å². The third kappa shape index (κ3) is 6.13. The SMILES string of the molecule is NC(CCl)=NCCC[C@H](NC(=O)c1cc2c([nH]c3ccccc32)c(-c2ncc[nH]2)n1)C(=O)NCc1ccccc1.